The molecule has 0 spiro atoms. The van der Waals surface area contributed by atoms with Gasteiger partial charge >= 0.3 is 0 Å². The summed E-state index contributed by atoms with van der Waals surface area (Å²) in [5.41, 5.74) is 0.972. The highest BCUT2D eigenvalue weighted by molar-refractivity contribution is 5.79. The molecule has 0 saturated heterocycles. The van der Waals surface area contributed by atoms with E-state index in [1.807, 2.05) is 6.07 Å². The highest BCUT2D eigenvalue weighted by Gasteiger charge is 2.08. The molecule has 0 atom stereocenters. The van der Waals surface area contributed by atoms with Crippen molar-refractivity contribution in [1.29, 1.82) is 0 Å². The predicted molar refractivity (Wildman–Crippen MR) is 88.2 cm³/mol. The topological polar surface area (TPSA) is 74.9 Å². The van der Waals surface area contributed by atoms with Crippen LogP contribution in [0.5, 0.6) is 0 Å². The molecule has 0 fully saturated rings. The fraction of sp³-hybridized carbons (Fsp3) is 0.733. The van der Waals surface area contributed by atoms with Gasteiger partial charge in [-0.2, -0.15) is 0 Å². The van der Waals surface area contributed by atoms with Crippen molar-refractivity contribution in [2.24, 2.45) is 4.99 Å². The van der Waals surface area contributed by atoms with Gasteiger partial charge in [0.2, 0.25) is 0 Å². The summed E-state index contributed by atoms with van der Waals surface area (Å²) in [5, 5.41) is 10.5. The number of aromatic nitrogens is 1. The summed E-state index contributed by atoms with van der Waals surface area (Å²) >= 11 is 0. The van der Waals surface area contributed by atoms with E-state index < -0.39 is 0 Å². The summed E-state index contributed by atoms with van der Waals surface area (Å²) < 4.78 is 10.3. The quantitative estimate of drug-likeness (QED) is 0.524. The van der Waals surface area contributed by atoms with Gasteiger partial charge in [0.25, 0.3) is 0 Å². The van der Waals surface area contributed by atoms with Crippen LogP contribution in [0.15, 0.2) is 15.6 Å². The molecule has 0 radical (unpaired) electrons. The zero-order chi connectivity index (χ0) is 16.4. The molecule has 7 nitrogen and oxygen atoms in total. The maximum absolute atomic E-state index is 5.29. The van der Waals surface area contributed by atoms with E-state index in [-0.39, 0.29) is 0 Å². The lowest BCUT2D eigenvalue weighted by Gasteiger charge is -2.17. The highest BCUT2D eigenvalue weighted by atomic mass is 16.5. The molecular weight excluding hydrogens is 282 g/mol. The number of aliphatic imine (C=N–C) groups is 1. The maximum Gasteiger partial charge on any atom is 0.191 e. The van der Waals surface area contributed by atoms with Gasteiger partial charge < -0.3 is 24.8 Å². The van der Waals surface area contributed by atoms with Gasteiger partial charge in [-0.1, -0.05) is 19.0 Å². The molecule has 1 rings (SSSR count). The van der Waals surface area contributed by atoms with Crippen molar-refractivity contribution < 1.29 is 9.26 Å². The van der Waals surface area contributed by atoms with Gasteiger partial charge in [-0.05, 0) is 13.0 Å². The van der Waals surface area contributed by atoms with Crippen LogP contribution in [0.25, 0.3) is 0 Å². The van der Waals surface area contributed by atoms with Gasteiger partial charge in [0.05, 0.1) is 18.8 Å². The Labute approximate surface area is 133 Å². The number of ether oxygens (including phenoxy) is 1. The Morgan fingerprint density at radius 2 is 2.18 bits per heavy atom. The molecule has 2 N–H and O–H groups in total. The van der Waals surface area contributed by atoms with Crippen molar-refractivity contribution in [2.75, 3.05) is 47.4 Å². The summed E-state index contributed by atoms with van der Waals surface area (Å²) in [6, 6.07) is 1.98. The minimum absolute atomic E-state index is 0.373. The highest BCUT2D eigenvalue weighted by Crippen LogP contribution is 2.13. The fourth-order valence-electron chi connectivity index (χ4n) is 1.80. The second kappa shape index (κ2) is 10.2. The van der Waals surface area contributed by atoms with E-state index in [1.165, 1.54) is 0 Å². The van der Waals surface area contributed by atoms with Crippen molar-refractivity contribution in [3.05, 3.63) is 17.5 Å². The Morgan fingerprint density at radius 1 is 1.41 bits per heavy atom. The van der Waals surface area contributed by atoms with E-state index in [4.69, 9.17) is 9.26 Å². The van der Waals surface area contributed by atoms with Gasteiger partial charge in [-0.25, -0.2) is 0 Å². The fourth-order valence-corrected chi connectivity index (χ4v) is 1.80. The van der Waals surface area contributed by atoms with Crippen molar-refractivity contribution in [1.82, 2.24) is 20.7 Å². The third kappa shape index (κ3) is 6.91. The largest absolute Gasteiger partial charge is 0.383 e. The average molecular weight is 311 g/mol. The van der Waals surface area contributed by atoms with E-state index in [2.05, 4.69) is 46.6 Å². The van der Waals surface area contributed by atoms with Crippen LogP contribution in [0.3, 0.4) is 0 Å². The third-order valence-electron chi connectivity index (χ3n) is 3.29. The first kappa shape index (κ1) is 18.4. The number of nitrogens with one attached hydrogen (secondary N) is 2. The molecule has 0 amide bonds. The minimum atomic E-state index is 0.373. The molecule has 0 aliphatic heterocycles. The summed E-state index contributed by atoms with van der Waals surface area (Å²) in [4.78, 5) is 6.40. The van der Waals surface area contributed by atoms with E-state index in [0.29, 0.717) is 12.5 Å². The normalized spacial score (nSPS) is 12.2. The van der Waals surface area contributed by atoms with E-state index in [9.17, 15) is 0 Å². The van der Waals surface area contributed by atoms with Crippen LogP contribution in [0.1, 0.15) is 31.2 Å². The summed E-state index contributed by atoms with van der Waals surface area (Å²) in [5.74, 6) is 1.93. The predicted octanol–water partition coefficient (Wildman–Crippen LogP) is 1.04. The second-order valence-electron chi connectivity index (χ2n) is 5.52. The molecule has 0 aromatic carbocycles. The number of rotatable bonds is 9. The molecule has 1 heterocycles. The Morgan fingerprint density at radius 3 is 2.77 bits per heavy atom. The molecule has 0 aliphatic rings. The summed E-state index contributed by atoms with van der Waals surface area (Å²) in [6.45, 7) is 8.15. The molecule has 22 heavy (non-hydrogen) atoms. The Hall–Kier alpha value is -1.60. The molecule has 1 aromatic heterocycles. The van der Waals surface area contributed by atoms with E-state index in [0.717, 1.165) is 43.7 Å². The zero-order valence-corrected chi connectivity index (χ0v) is 14.3. The second-order valence-corrected chi connectivity index (χ2v) is 5.52. The number of guanidine groups is 1. The molecule has 7 heteroatoms. The minimum Gasteiger partial charge on any atom is -0.383 e. The van der Waals surface area contributed by atoms with Crippen LogP contribution in [-0.2, 0) is 11.3 Å². The van der Waals surface area contributed by atoms with Gasteiger partial charge in [0.1, 0.15) is 0 Å². The van der Waals surface area contributed by atoms with Crippen LogP contribution >= 0.6 is 0 Å². The maximum atomic E-state index is 5.29. The van der Waals surface area contributed by atoms with Crippen LogP contribution in [0.4, 0.5) is 0 Å². The number of hydrogen-bond donors (Lipinski definition) is 2. The first-order valence-electron chi connectivity index (χ1n) is 7.64. The number of methoxy groups -OCH3 is 1. The van der Waals surface area contributed by atoms with Crippen LogP contribution in [0, 0.1) is 0 Å². The first-order valence-corrected chi connectivity index (χ1v) is 7.64. The molecule has 1 aromatic rings. The Bertz CT molecular complexity index is 445. The van der Waals surface area contributed by atoms with Crippen LogP contribution < -0.4 is 10.6 Å². The smallest absolute Gasteiger partial charge is 0.191 e. The lowest BCUT2D eigenvalue weighted by atomic mass is 10.1. The summed E-state index contributed by atoms with van der Waals surface area (Å²) in [6.07, 6.45) is 0. The third-order valence-corrected chi connectivity index (χ3v) is 3.29. The Kier molecular flexibility index (Phi) is 8.54. The van der Waals surface area contributed by atoms with E-state index >= 15 is 0 Å². The van der Waals surface area contributed by atoms with Gasteiger partial charge in [-0.15, -0.1) is 0 Å². The number of likely N-dealkylation sites (N-methyl/N-ethyl adjacent to an activating group) is 1. The lowest BCUT2D eigenvalue weighted by Crippen LogP contribution is -2.41. The summed E-state index contributed by atoms with van der Waals surface area (Å²) in [7, 11) is 5.54. The van der Waals surface area contributed by atoms with E-state index in [1.54, 1.807) is 14.2 Å². The van der Waals surface area contributed by atoms with Gasteiger partial charge in [-0.3, -0.25) is 4.99 Å². The monoisotopic (exact) mass is 311 g/mol. The zero-order valence-electron chi connectivity index (χ0n) is 14.3. The first-order chi connectivity index (χ1) is 10.6. The SMILES string of the molecule is CN=C(NCCN(C)CCOC)NCc1cc(C(C)C)no1. The molecule has 126 valence electrons. The molecule has 0 saturated carbocycles. The lowest BCUT2D eigenvalue weighted by molar-refractivity contribution is 0.162. The molecule has 0 aliphatic carbocycles. The van der Waals surface area contributed by atoms with Crippen LogP contribution in [-0.4, -0.2) is 63.5 Å². The number of hydrogen-bond acceptors (Lipinski definition) is 5. The Balaban J connectivity index is 2.27. The average Bonchev–Trinajstić information content (AvgIpc) is 2.97. The number of nitrogens with zero attached hydrogens (tertiary/aromatic N) is 3. The van der Waals surface area contributed by atoms with Gasteiger partial charge in [0, 0.05) is 39.9 Å². The van der Waals surface area contributed by atoms with Crippen molar-refractivity contribution in [2.45, 2.75) is 26.3 Å². The van der Waals surface area contributed by atoms with Gasteiger partial charge in [0.15, 0.2) is 11.7 Å². The van der Waals surface area contributed by atoms with Crippen molar-refractivity contribution >= 4 is 5.96 Å². The van der Waals surface area contributed by atoms with Crippen LogP contribution in [0.2, 0.25) is 0 Å². The van der Waals surface area contributed by atoms with Crippen molar-refractivity contribution in [3.8, 4) is 0 Å². The molecule has 0 unspecified atom stereocenters. The molecular formula is C15H29N5O2. The standard InChI is InChI=1S/C15H29N5O2/c1-12(2)14-10-13(22-19-14)11-18-15(16-3)17-6-7-20(4)8-9-21-5/h10,12H,6-9,11H2,1-5H3,(H2,16,17,18). The van der Waals surface area contributed by atoms with Crippen molar-refractivity contribution in [3.63, 3.8) is 0 Å². The molecule has 0 bridgehead atoms.